The van der Waals surface area contributed by atoms with Crippen LogP contribution in [0.2, 0.25) is 0 Å². The minimum atomic E-state index is 0. The van der Waals surface area contributed by atoms with E-state index in [1.807, 2.05) is 23.1 Å². The van der Waals surface area contributed by atoms with Crippen LogP contribution in [0.3, 0.4) is 0 Å². The average molecular weight is 566 g/mol. The second kappa shape index (κ2) is 9.72. The number of anilines is 1. The first-order valence-electron chi connectivity index (χ1n) is 8.30. The molecule has 3 aromatic rings. The summed E-state index contributed by atoms with van der Waals surface area (Å²) in [6, 6.07) is 10.4. The summed E-state index contributed by atoms with van der Waals surface area (Å²) in [6.07, 6.45) is 4.99. The molecule has 0 spiro atoms. The Morgan fingerprint density at radius 3 is 2.72 bits per heavy atom. The van der Waals surface area contributed by atoms with Gasteiger partial charge < -0.3 is 14.8 Å². The van der Waals surface area contributed by atoms with Crippen LogP contribution in [-0.2, 0) is 13.1 Å². The van der Waals surface area contributed by atoms with E-state index >= 15 is 0 Å². The number of aryl methyl sites for hydroxylation is 2. The molecule has 25 heavy (non-hydrogen) atoms. The van der Waals surface area contributed by atoms with Gasteiger partial charge in [0.25, 0.3) is 0 Å². The molecule has 1 aliphatic heterocycles. The molecule has 0 saturated carbocycles. The largest absolute Gasteiger partial charge is 0.341 e. The summed E-state index contributed by atoms with van der Waals surface area (Å²) in [7, 11) is 0. The molecular formula is C17H24I2N6. The Labute approximate surface area is 182 Å². The molecule has 0 atom stereocenters. The number of nitrogens with one attached hydrogen (secondary N) is 1. The van der Waals surface area contributed by atoms with Crippen LogP contribution >= 0.6 is 48.0 Å². The van der Waals surface area contributed by atoms with Gasteiger partial charge in [-0.2, -0.15) is 5.10 Å². The number of halogens is 2. The lowest BCUT2D eigenvalue weighted by molar-refractivity contribution is 0.537. The molecule has 0 aliphatic carbocycles. The van der Waals surface area contributed by atoms with E-state index in [1.165, 1.54) is 5.52 Å². The van der Waals surface area contributed by atoms with Crippen molar-refractivity contribution < 1.29 is 0 Å². The quantitative estimate of drug-likeness (QED) is 0.494. The SMILES string of the molecule is I.I.c1ccc2c(c1)nc(N1CCCNCC1)n2CCn1cccn1. The molecule has 3 heterocycles. The number of nitrogens with zero attached hydrogens (tertiary/aromatic N) is 5. The van der Waals surface area contributed by atoms with Gasteiger partial charge in [-0.3, -0.25) is 4.68 Å². The van der Waals surface area contributed by atoms with Gasteiger partial charge in [-0.05, 0) is 31.2 Å². The topological polar surface area (TPSA) is 50.9 Å². The van der Waals surface area contributed by atoms with Crippen LogP contribution in [-0.4, -0.2) is 45.5 Å². The van der Waals surface area contributed by atoms with Gasteiger partial charge in [0.2, 0.25) is 5.95 Å². The Hall–Kier alpha value is -0.880. The molecule has 1 fully saturated rings. The van der Waals surface area contributed by atoms with Crippen molar-refractivity contribution in [1.82, 2.24) is 24.6 Å². The third kappa shape index (κ3) is 4.64. The summed E-state index contributed by atoms with van der Waals surface area (Å²) < 4.78 is 4.31. The van der Waals surface area contributed by atoms with Crippen LogP contribution in [0.25, 0.3) is 11.0 Å². The number of rotatable bonds is 4. The monoisotopic (exact) mass is 566 g/mol. The van der Waals surface area contributed by atoms with E-state index in [0.29, 0.717) is 0 Å². The number of imidazole rings is 1. The lowest BCUT2D eigenvalue weighted by Crippen LogP contribution is -2.30. The molecule has 8 heteroatoms. The Balaban J connectivity index is 0.00000113. The van der Waals surface area contributed by atoms with Gasteiger partial charge in [-0.15, -0.1) is 48.0 Å². The van der Waals surface area contributed by atoms with Crippen LogP contribution in [0.4, 0.5) is 5.95 Å². The molecule has 1 saturated heterocycles. The smallest absolute Gasteiger partial charge is 0.206 e. The molecule has 4 rings (SSSR count). The first-order valence-corrected chi connectivity index (χ1v) is 8.30. The maximum Gasteiger partial charge on any atom is 0.206 e. The van der Waals surface area contributed by atoms with Crippen molar-refractivity contribution in [3.8, 4) is 0 Å². The van der Waals surface area contributed by atoms with Gasteiger partial charge in [0, 0.05) is 38.6 Å². The number of fused-ring (bicyclic) bond motifs is 1. The third-order valence-electron chi connectivity index (χ3n) is 4.37. The molecule has 0 amide bonds. The number of hydrogen-bond acceptors (Lipinski definition) is 4. The summed E-state index contributed by atoms with van der Waals surface area (Å²) in [5.41, 5.74) is 2.27. The van der Waals surface area contributed by atoms with E-state index < -0.39 is 0 Å². The fourth-order valence-electron chi connectivity index (χ4n) is 3.21. The van der Waals surface area contributed by atoms with Gasteiger partial charge >= 0.3 is 0 Å². The first kappa shape index (κ1) is 20.4. The molecule has 0 unspecified atom stereocenters. The minimum absolute atomic E-state index is 0. The second-order valence-corrected chi connectivity index (χ2v) is 5.91. The zero-order valence-electron chi connectivity index (χ0n) is 14.0. The third-order valence-corrected chi connectivity index (χ3v) is 4.37. The minimum Gasteiger partial charge on any atom is -0.341 e. The first-order chi connectivity index (χ1) is 11.4. The van der Waals surface area contributed by atoms with Gasteiger partial charge in [0.1, 0.15) is 0 Å². The summed E-state index contributed by atoms with van der Waals surface area (Å²) in [4.78, 5) is 7.32. The van der Waals surface area contributed by atoms with Crippen molar-refractivity contribution in [2.45, 2.75) is 19.5 Å². The normalized spacial score (nSPS) is 14.6. The molecule has 6 nitrogen and oxygen atoms in total. The van der Waals surface area contributed by atoms with Crippen LogP contribution in [0, 0.1) is 0 Å². The standard InChI is InChI=1S/C17H22N6.2HI/c1-2-6-16-15(5-1)20-17(21-10-3-7-18-9-12-21)23(16)14-13-22-11-4-8-19-22;;/h1-2,4-6,8,11,18H,3,7,9-10,12-14H2;2*1H. The van der Waals surface area contributed by atoms with E-state index in [2.05, 4.69) is 44.1 Å². The van der Waals surface area contributed by atoms with E-state index in [-0.39, 0.29) is 48.0 Å². The Kier molecular flexibility index (Phi) is 7.94. The van der Waals surface area contributed by atoms with Crippen molar-refractivity contribution >= 4 is 64.9 Å². The van der Waals surface area contributed by atoms with Gasteiger partial charge in [0.05, 0.1) is 17.6 Å². The Morgan fingerprint density at radius 2 is 1.88 bits per heavy atom. The summed E-state index contributed by atoms with van der Waals surface area (Å²) in [5.74, 6) is 1.09. The molecule has 1 aromatic carbocycles. The van der Waals surface area contributed by atoms with Crippen molar-refractivity contribution in [2.75, 3.05) is 31.1 Å². The Bertz CT molecular complexity index is 763. The number of aromatic nitrogens is 4. The van der Waals surface area contributed by atoms with Crippen LogP contribution in [0.15, 0.2) is 42.7 Å². The molecular weight excluding hydrogens is 542 g/mol. The highest BCUT2D eigenvalue weighted by Crippen LogP contribution is 2.23. The molecule has 1 N–H and O–H groups in total. The van der Waals surface area contributed by atoms with Gasteiger partial charge in [0.15, 0.2) is 0 Å². The van der Waals surface area contributed by atoms with Gasteiger partial charge in [-0.25, -0.2) is 4.98 Å². The van der Waals surface area contributed by atoms with Crippen LogP contribution in [0.5, 0.6) is 0 Å². The van der Waals surface area contributed by atoms with Crippen molar-refractivity contribution in [3.05, 3.63) is 42.7 Å². The Morgan fingerprint density at radius 1 is 1.00 bits per heavy atom. The second-order valence-electron chi connectivity index (χ2n) is 5.91. The van der Waals surface area contributed by atoms with E-state index in [1.54, 1.807) is 0 Å². The zero-order valence-corrected chi connectivity index (χ0v) is 18.7. The molecule has 136 valence electrons. The fourth-order valence-corrected chi connectivity index (χ4v) is 3.21. The molecule has 1 aliphatic rings. The highest BCUT2D eigenvalue weighted by Gasteiger charge is 2.18. The molecule has 2 aromatic heterocycles. The highest BCUT2D eigenvalue weighted by atomic mass is 127. The summed E-state index contributed by atoms with van der Waals surface area (Å²) in [5, 5.41) is 7.77. The predicted molar refractivity (Wildman–Crippen MR) is 122 cm³/mol. The van der Waals surface area contributed by atoms with E-state index in [4.69, 9.17) is 4.98 Å². The molecule has 0 bridgehead atoms. The van der Waals surface area contributed by atoms with Crippen molar-refractivity contribution in [2.24, 2.45) is 0 Å². The van der Waals surface area contributed by atoms with E-state index in [0.717, 1.165) is 57.2 Å². The van der Waals surface area contributed by atoms with E-state index in [9.17, 15) is 0 Å². The summed E-state index contributed by atoms with van der Waals surface area (Å²) in [6.45, 7) is 5.89. The van der Waals surface area contributed by atoms with Crippen LogP contribution < -0.4 is 10.2 Å². The van der Waals surface area contributed by atoms with Gasteiger partial charge in [-0.1, -0.05) is 12.1 Å². The number of para-hydroxylation sites is 2. The van der Waals surface area contributed by atoms with Crippen LogP contribution in [0.1, 0.15) is 6.42 Å². The lowest BCUT2D eigenvalue weighted by atomic mass is 10.3. The van der Waals surface area contributed by atoms with Crippen molar-refractivity contribution in [1.29, 1.82) is 0 Å². The maximum absolute atomic E-state index is 4.91. The fraction of sp³-hybridized carbons (Fsp3) is 0.412. The lowest BCUT2D eigenvalue weighted by Gasteiger charge is -2.22. The zero-order chi connectivity index (χ0) is 15.5. The summed E-state index contributed by atoms with van der Waals surface area (Å²) >= 11 is 0. The maximum atomic E-state index is 4.91. The predicted octanol–water partition coefficient (Wildman–Crippen LogP) is 2.97. The molecule has 0 radical (unpaired) electrons. The highest BCUT2D eigenvalue weighted by molar-refractivity contribution is 14.0. The average Bonchev–Trinajstić information content (AvgIpc) is 3.13. The van der Waals surface area contributed by atoms with Crippen molar-refractivity contribution in [3.63, 3.8) is 0 Å². The number of hydrogen-bond donors (Lipinski definition) is 1. The number of benzene rings is 1.